The molecule has 0 aliphatic carbocycles. The van der Waals surface area contributed by atoms with Crippen LogP contribution < -0.4 is 0 Å². The van der Waals surface area contributed by atoms with E-state index in [4.69, 9.17) is 0 Å². The summed E-state index contributed by atoms with van der Waals surface area (Å²) < 4.78 is 0. The molecule has 0 radical (unpaired) electrons. The Morgan fingerprint density at radius 1 is 0.964 bits per heavy atom. The normalized spacial score (nSPS) is 13.1. The van der Waals surface area contributed by atoms with Crippen LogP contribution in [0.2, 0.25) is 0 Å². The Kier molecular flexibility index (Phi) is 6.65. The average molecular weight is 382 g/mol. The molecule has 1 unspecified atom stereocenters. The van der Waals surface area contributed by atoms with Crippen LogP contribution in [-0.4, -0.2) is 34.5 Å². The first-order chi connectivity index (χ1) is 13.1. The zero-order valence-electron chi connectivity index (χ0n) is 17.8. The molecule has 2 rings (SSSR count). The minimum absolute atomic E-state index is 0.256. The molecule has 0 aliphatic heterocycles. The number of carboxylic acids is 1. The van der Waals surface area contributed by atoms with E-state index >= 15 is 0 Å². The number of carbonyl (C=O) groups excluding carboxylic acids is 1. The third-order valence-corrected chi connectivity index (χ3v) is 5.74. The zero-order valence-corrected chi connectivity index (χ0v) is 17.8. The van der Waals surface area contributed by atoms with E-state index in [1.165, 1.54) is 21.6 Å². The van der Waals surface area contributed by atoms with E-state index in [-0.39, 0.29) is 5.91 Å². The molecular weight excluding hydrogens is 350 g/mol. The number of nitrogens with zero attached hydrogens (tertiary/aromatic N) is 1. The molecule has 1 atom stereocenters. The van der Waals surface area contributed by atoms with E-state index in [2.05, 4.69) is 32.0 Å². The van der Waals surface area contributed by atoms with E-state index in [0.717, 1.165) is 17.5 Å². The van der Waals surface area contributed by atoms with Gasteiger partial charge in [-0.15, -0.1) is 0 Å². The molecule has 0 saturated heterocycles. The van der Waals surface area contributed by atoms with Crippen LogP contribution in [0.3, 0.4) is 0 Å². The predicted molar refractivity (Wildman–Crippen MR) is 113 cm³/mol. The Labute approximate surface area is 168 Å². The second kappa shape index (κ2) is 8.59. The van der Waals surface area contributed by atoms with Gasteiger partial charge in [0.2, 0.25) is 0 Å². The first-order valence-electron chi connectivity index (χ1n) is 9.77. The van der Waals surface area contributed by atoms with Crippen molar-refractivity contribution in [2.45, 2.75) is 59.4 Å². The van der Waals surface area contributed by atoms with Gasteiger partial charge in [0.15, 0.2) is 0 Å². The highest BCUT2D eigenvalue weighted by molar-refractivity contribution is 5.98. The summed E-state index contributed by atoms with van der Waals surface area (Å²) in [5.74, 6) is -1.23. The number of benzene rings is 2. The third-order valence-electron chi connectivity index (χ3n) is 5.74. The van der Waals surface area contributed by atoms with Crippen LogP contribution in [0.25, 0.3) is 0 Å². The highest BCUT2D eigenvalue weighted by Crippen LogP contribution is 2.24. The number of likely N-dealkylation sites (N-methyl/N-ethyl adjacent to an activating group) is 1. The van der Waals surface area contributed by atoms with Crippen LogP contribution >= 0.6 is 0 Å². The molecule has 2 aromatic carbocycles. The van der Waals surface area contributed by atoms with Gasteiger partial charge in [-0.2, -0.15) is 0 Å². The van der Waals surface area contributed by atoms with Crippen molar-refractivity contribution in [2.24, 2.45) is 0 Å². The van der Waals surface area contributed by atoms with Gasteiger partial charge in [-0.05, 0) is 74.4 Å². The molecule has 1 N–H and O–H groups in total. The summed E-state index contributed by atoms with van der Waals surface area (Å²) in [5, 5.41) is 9.66. The Morgan fingerprint density at radius 3 is 2.04 bits per heavy atom. The number of carbonyl (C=O) groups is 2. The van der Waals surface area contributed by atoms with Gasteiger partial charge in [-0.1, -0.05) is 43.7 Å². The minimum atomic E-state index is -1.21. The Hall–Kier alpha value is -2.62. The van der Waals surface area contributed by atoms with Crippen molar-refractivity contribution < 1.29 is 14.7 Å². The molecule has 0 saturated carbocycles. The molecule has 0 spiro atoms. The van der Waals surface area contributed by atoms with Crippen molar-refractivity contribution in [3.8, 4) is 0 Å². The lowest BCUT2D eigenvalue weighted by Gasteiger charge is -2.35. The molecule has 4 nitrogen and oxygen atoms in total. The Bertz CT molecular complexity index is 887. The Balaban J connectivity index is 2.26. The van der Waals surface area contributed by atoms with Gasteiger partial charge >= 0.3 is 5.97 Å². The van der Waals surface area contributed by atoms with Crippen LogP contribution in [0.1, 0.15) is 64.9 Å². The van der Waals surface area contributed by atoms with E-state index in [9.17, 15) is 14.7 Å². The number of aryl methyl sites for hydroxylation is 3. The molecule has 0 bridgehead atoms. The van der Waals surface area contributed by atoms with Crippen LogP contribution in [-0.2, 0) is 11.2 Å². The lowest BCUT2D eigenvalue weighted by molar-refractivity contribution is -0.148. The monoisotopic (exact) mass is 381 g/mol. The van der Waals surface area contributed by atoms with E-state index < -0.39 is 11.5 Å². The molecule has 28 heavy (non-hydrogen) atoms. The fourth-order valence-corrected chi connectivity index (χ4v) is 3.53. The van der Waals surface area contributed by atoms with E-state index in [1.807, 2.05) is 32.0 Å². The fourth-order valence-electron chi connectivity index (χ4n) is 3.53. The highest BCUT2D eigenvalue weighted by Gasteiger charge is 2.39. The minimum Gasteiger partial charge on any atom is -0.480 e. The number of hydrogen-bond acceptors (Lipinski definition) is 2. The van der Waals surface area contributed by atoms with Gasteiger partial charge < -0.3 is 10.0 Å². The van der Waals surface area contributed by atoms with Crippen LogP contribution in [0.5, 0.6) is 0 Å². The number of hydrogen-bond donors (Lipinski definition) is 1. The fraction of sp³-hybridized carbons (Fsp3) is 0.417. The number of carboxylic acid groups (broad SMARTS) is 1. The second-order valence-electron chi connectivity index (χ2n) is 7.94. The summed E-state index contributed by atoms with van der Waals surface area (Å²) in [4.78, 5) is 26.2. The SMILES string of the molecule is CCCC(C)(C(=O)O)N(C)C(=O)c1ccc(Cc2ccc(C)c(C)c2)cc1C. The van der Waals surface area contributed by atoms with Crippen molar-refractivity contribution in [1.82, 2.24) is 4.90 Å². The van der Waals surface area contributed by atoms with Crippen molar-refractivity contribution in [1.29, 1.82) is 0 Å². The van der Waals surface area contributed by atoms with Gasteiger partial charge in [0.25, 0.3) is 5.91 Å². The first kappa shape index (κ1) is 21.7. The lowest BCUT2D eigenvalue weighted by atomic mass is 9.92. The smallest absolute Gasteiger partial charge is 0.329 e. The molecular formula is C24H31NO3. The summed E-state index contributed by atoms with van der Waals surface area (Å²) in [6.07, 6.45) is 1.90. The molecule has 0 heterocycles. The quantitative estimate of drug-likeness (QED) is 0.741. The second-order valence-corrected chi connectivity index (χ2v) is 7.94. The molecule has 4 heteroatoms. The van der Waals surface area contributed by atoms with Crippen molar-refractivity contribution in [2.75, 3.05) is 7.05 Å². The Morgan fingerprint density at radius 2 is 1.54 bits per heavy atom. The molecule has 1 amide bonds. The summed E-state index contributed by atoms with van der Waals surface area (Å²) in [7, 11) is 1.58. The van der Waals surface area contributed by atoms with Crippen LogP contribution in [0, 0.1) is 20.8 Å². The number of aliphatic carboxylic acids is 1. The summed E-state index contributed by atoms with van der Waals surface area (Å²) in [6.45, 7) is 9.65. The van der Waals surface area contributed by atoms with E-state index in [0.29, 0.717) is 18.4 Å². The average Bonchev–Trinajstić information content (AvgIpc) is 2.63. The maximum absolute atomic E-state index is 13.0. The van der Waals surface area contributed by atoms with Crippen LogP contribution in [0.15, 0.2) is 36.4 Å². The van der Waals surface area contributed by atoms with E-state index in [1.54, 1.807) is 14.0 Å². The van der Waals surface area contributed by atoms with Gasteiger partial charge in [-0.3, -0.25) is 4.79 Å². The highest BCUT2D eigenvalue weighted by atomic mass is 16.4. The molecule has 0 aliphatic rings. The molecule has 0 fully saturated rings. The maximum Gasteiger partial charge on any atom is 0.329 e. The van der Waals surface area contributed by atoms with Crippen LogP contribution in [0.4, 0.5) is 0 Å². The molecule has 150 valence electrons. The van der Waals surface area contributed by atoms with Crippen molar-refractivity contribution in [3.05, 3.63) is 69.8 Å². The third kappa shape index (κ3) is 4.44. The van der Waals surface area contributed by atoms with Crippen molar-refractivity contribution in [3.63, 3.8) is 0 Å². The number of amides is 1. The number of rotatable bonds is 7. The largest absolute Gasteiger partial charge is 0.480 e. The molecule has 2 aromatic rings. The molecule has 0 aromatic heterocycles. The standard InChI is InChI=1S/C24H31NO3/c1-7-12-24(5,23(27)28)25(6)22(26)21-11-10-20(14-18(21)4)15-19-9-8-16(2)17(3)13-19/h8-11,13-14H,7,12,15H2,1-6H3,(H,27,28). The maximum atomic E-state index is 13.0. The summed E-state index contributed by atoms with van der Waals surface area (Å²) >= 11 is 0. The predicted octanol–water partition coefficient (Wildman–Crippen LogP) is 4.92. The summed E-state index contributed by atoms with van der Waals surface area (Å²) in [5.41, 5.74) is 5.12. The zero-order chi connectivity index (χ0) is 21.1. The van der Waals surface area contributed by atoms with Gasteiger partial charge in [0.05, 0.1) is 0 Å². The van der Waals surface area contributed by atoms with Gasteiger partial charge in [0, 0.05) is 12.6 Å². The van der Waals surface area contributed by atoms with Gasteiger partial charge in [-0.25, -0.2) is 4.79 Å². The summed E-state index contributed by atoms with van der Waals surface area (Å²) in [6, 6.07) is 12.3. The first-order valence-corrected chi connectivity index (χ1v) is 9.77. The topological polar surface area (TPSA) is 57.6 Å². The lowest BCUT2D eigenvalue weighted by Crippen LogP contribution is -2.53. The van der Waals surface area contributed by atoms with Gasteiger partial charge in [0.1, 0.15) is 5.54 Å². The van der Waals surface area contributed by atoms with Crippen molar-refractivity contribution >= 4 is 11.9 Å².